The molecule has 2 rings (SSSR count). The quantitative estimate of drug-likeness (QED) is 0.636. The van der Waals surface area contributed by atoms with Crippen LogP contribution in [0.2, 0.25) is 0 Å². The molecule has 1 N–H and O–H groups in total. The van der Waals surface area contributed by atoms with Gasteiger partial charge < -0.3 is 0 Å². The molecule has 7 nitrogen and oxygen atoms in total. The summed E-state index contributed by atoms with van der Waals surface area (Å²) in [5.41, 5.74) is 0.747. The van der Waals surface area contributed by atoms with Gasteiger partial charge in [-0.25, -0.2) is 13.4 Å². The number of aromatic nitrogens is 1. The molecule has 112 valence electrons. The Balaban J connectivity index is 2.47. The van der Waals surface area contributed by atoms with Gasteiger partial charge in [-0.2, -0.15) is 0 Å². The van der Waals surface area contributed by atoms with Gasteiger partial charge in [0.15, 0.2) is 5.13 Å². The number of hydrogen-bond donors (Lipinski definition) is 1. The molecule has 0 unspecified atom stereocenters. The van der Waals surface area contributed by atoms with Crippen molar-refractivity contribution in [1.29, 1.82) is 0 Å². The van der Waals surface area contributed by atoms with Gasteiger partial charge in [0, 0.05) is 11.6 Å². The van der Waals surface area contributed by atoms with E-state index in [0.29, 0.717) is 14.9 Å². The van der Waals surface area contributed by atoms with Gasteiger partial charge in [-0.15, -0.1) is 0 Å². The normalized spacial score (nSPS) is 11.4. The van der Waals surface area contributed by atoms with Crippen molar-refractivity contribution in [3.05, 3.63) is 43.4 Å². The Kier molecular flexibility index (Phi) is 4.30. The lowest BCUT2D eigenvalue weighted by molar-refractivity contribution is -0.385. The lowest BCUT2D eigenvalue weighted by Gasteiger charge is -2.08. The summed E-state index contributed by atoms with van der Waals surface area (Å²) in [4.78, 5) is 14.1. The fraction of sp³-hybridized carbons (Fsp3) is 0.182. The molecule has 0 atom stereocenters. The first-order valence-corrected chi connectivity index (χ1v) is 8.70. The number of benzene rings is 1. The molecular weight excluding hydrogens is 382 g/mol. The monoisotopic (exact) mass is 391 g/mol. The number of sulfonamides is 1. The zero-order valence-corrected chi connectivity index (χ0v) is 14.2. The minimum Gasteiger partial charge on any atom is -0.258 e. The first kappa shape index (κ1) is 15.9. The lowest BCUT2D eigenvalue weighted by atomic mass is 10.1. The number of halogens is 1. The van der Waals surface area contributed by atoms with Crippen LogP contribution in [0.1, 0.15) is 11.1 Å². The number of thiazole rings is 1. The summed E-state index contributed by atoms with van der Waals surface area (Å²) in [6.45, 7) is 3.20. The highest BCUT2D eigenvalue weighted by atomic mass is 79.9. The molecule has 21 heavy (non-hydrogen) atoms. The van der Waals surface area contributed by atoms with Crippen LogP contribution in [0.15, 0.2) is 27.0 Å². The van der Waals surface area contributed by atoms with Crippen LogP contribution in [-0.4, -0.2) is 18.3 Å². The van der Waals surface area contributed by atoms with E-state index in [-0.39, 0.29) is 15.7 Å². The third kappa shape index (κ3) is 3.39. The molecule has 1 aromatic carbocycles. The number of anilines is 1. The van der Waals surface area contributed by atoms with E-state index < -0.39 is 14.9 Å². The summed E-state index contributed by atoms with van der Waals surface area (Å²) in [5, 5.41) is 11.2. The molecule has 0 aliphatic heterocycles. The van der Waals surface area contributed by atoms with Gasteiger partial charge >= 0.3 is 0 Å². The molecule has 0 saturated heterocycles. The van der Waals surface area contributed by atoms with E-state index in [4.69, 9.17) is 0 Å². The fourth-order valence-corrected chi connectivity index (χ4v) is 4.08. The third-order valence-electron chi connectivity index (χ3n) is 2.82. The van der Waals surface area contributed by atoms with Crippen molar-refractivity contribution in [2.24, 2.45) is 0 Å². The second-order valence-electron chi connectivity index (χ2n) is 4.22. The van der Waals surface area contributed by atoms with Crippen molar-refractivity contribution in [1.82, 2.24) is 4.98 Å². The van der Waals surface area contributed by atoms with Crippen molar-refractivity contribution in [2.75, 3.05) is 4.72 Å². The minimum absolute atomic E-state index is 0.163. The van der Waals surface area contributed by atoms with Gasteiger partial charge in [0.1, 0.15) is 0 Å². The van der Waals surface area contributed by atoms with Crippen molar-refractivity contribution in [2.45, 2.75) is 18.7 Å². The van der Waals surface area contributed by atoms with Crippen LogP contribution in [0.25, 0.3) is 0 Å². The van der Waals surface area contributed by atoms with E-state index in [9.17, 15) is 18.5 Å². The smallest absolute Gasteiger partial charge is 0.258 e. The lowest BCUT2D eigenvalue weighted by Crippen LogP contribution is -2.13. The average Bonchev–Trinajstić information content (AvgIpc) is 2.76. The van der Waals surface area contributed by atoms with Crippen LogP contribution < -0.4 is 4.72 Å². The summed E-state index contributed by atoms with van der Waals surface area (Å²) in [6.07, 6.45) is 1.46. The Morgan fingerprint density at radius 1 is 1.38 bits per heavy atom. The van der Waals surface area contributed by atoms with Gasteiger partial charge in [-0.3, -0.25) is 14.8 Å². The van der Waals surface area contributed by atoms with E-state index in [1.165, 1.54) is 12.3 Å². The molecule has 1 heterocycles. The maximum atomic E-state index is 12.3. The molecule has 0 bridgehead atoms. The Bertz CT molecular complexity index is 817. The summed E-state index contributed by atoms with van der Waals surface area (Å²) in [5.74, 6) is 0. The molecule has 0 radical (unpaired) electrons. The molecule has 0 aliphatic rings. The third-order valence-corrected chi connectivity index (χ3v) is 5.66. The second kappa shape index (κ2) is 5.70. The van der Waals surface area contributed by atoms with Crippen LogP contribution >= 0.6 is 27.3 Å². The number of nitro benzene ring substituents is 1. The van der Waals surface area contributed by atoms with Crippen LogP contribution in [-0.2, 0) is 10.0 Å². The second-order valence-corrected chi connectivity index (χ2v) is 8.31. The number of nitrogens with zero attached hydrogens (tertiary/aromatic N) is 2. The molecule has 0 spiro atoms. The van der Waals surface area contributed by atoms with Gasteiger partial charge in [0.05, 0.1) is 19.8 Å². The summed E-state index contributed by atoms with van der Waals surface area (Å²) in [7, 11) is -3.92. The number of nitro groups is 1. The molecule has 1 aromatic heterocycles. The largest absolute Gasteiger partial charge is 0.273 e. The first-order chi connectivity index (χ1) is 9.70. The van der Waals surface area contributed by atoms with E-state index in [1.54, 1.807) is 13.8 Å². The van der Waals surface area contributed by atoms with E-state index in [1.807, 2.05) is 0 Å². The van der Waals surface area contributed by atoms with Gasteiger partial charge in [-0.1, -0.05) is 11.3 Å². The predicted molar refractivity (Wildman–Crippen MR) is 83.2 cm³/mol. The van der Waals surface area contributed by atoms with Gasteiger partial charge in [0.2, 0.25) is 0 Å². The Morgan fingerprint density at radius 3 is 2.57 bits per heavy atom. The minimum atomic E-state index is -3.92. The molecule has 2 aromatic rings. The van der Waals surface area contributed by atoms with Crippen molar-refractivity contribution < 1.29 is 13.3 Å². The summed E-state index contributed by atoms with van der Waals surface area (Å²) >= 11 is 4.29. The van der Waals surface area contributed by atoms with Crippen LogP contribution in [0.5, 0.6) is 0 Å². The Morgan fingerprint density at radius 2 is 2.05 bits per heavy atom. The van der Waals surface area contributed by atoms with E-state index >= 15 is 0 Å². The maximum absolute atomic E-state index is 12.3. The summed E-state index contributed by atoms with van der Waals surface area (Å²) < 4.78 is 27.5. The predicted octanol–water partition coefficient (Wildman–Crippen LogP) is 3.23. The SMILES string of the molecule is Cc1cc(S(=O)(=O)Nc2ncc(Br)s2)cc([N+](=O)[O-])c1C. The highest BCUT2D eigenvalue weighted by Gasteiger charge is 2.22. The van der Waals surface area contributed by atoms with Crippen molar-refractivity contribution >= 4 is 48.1 Å². The molecule has 0 amide bonds. The molecule has 10 heteroatoms. The Hall–Kier alpha value is -1.52. The van der Waals surface area contributed by atoms with Crippen molar-refractivity contribution in [3.8, 4) is 0 Å². The molecule has 0 saturated carbocycles. The van der Waals surface area contributed by atoms with E-state index in [0.717, 1.165) is 17.4 Å². The van der Waals surface area contributed by atoms with E-state index in [2.05, 4.69) is 25.6 Å². The van der Waals surface area contributed by atoms with Crippen LogP contribution in [0, 0.1) is 24.0 Å². The van der Waals surface area contributed by atoms with Crippen LogP contribution in [0.4, 0.5) is 10.8 Å². The first-order valence-electron chi connectivity index (χ1n) is 5.60. The van der Waals surface area contributed by atoms with Gasteiger partial charge in [0.25, 0.3) is 15.7 Å². The average molecular weight is 392 g/mol. The number of hydrogen-bond acceptors (Lipinski definition) is 6. The van der Waals surface area contributed by atoms with Gasteiger partial charge in [-0.05, 0) is 41.4 Å². The Labute approximate surface area is 133 Å². The fourth-order valence-electron chi connectivity index (χ4n) is 1.63. The number of aryl methyl sites for hydroxylation is 1. The highest BCUT2D eigenvalue weighted by molar-refractivity contribution is 9.11. The highest BCUT2D eigenvalue weighted by Crippen LogP contribution is 2.29. The standard InChI is InChI=1S/C11H10BrN3O4S2/c1-6-3-8(4-9(7(6)2)15(16)17)21(18,19)14-11-13-5-10(12)20-11/h3-5H,1-2H3,(H,13,14). The molecule has 0 aliphatic carbocycles. The van der Waals surface area contributed by atoms with Crippen molar-refractivity contribution in [3.63, 3.8) is 0 Å². The number of rotatable bonds is 4. The zero-order valence-electron chi connectivity index (χ0n) is 11.0. The van der Waals surface area contributed by atoms with Crippen LogP contribution in [0.3, 0.4) is 0 Å². The maximum Gasteiger partial charge on any atom is 0.273 e. The zero-order chi connectivity index (χ0) is 15.8. The summed E-state index contributed by atoms with van der Waals surface area (Å²) in [6, 6.07) is 2.45. The molecular formula is C11H10BrN3O4S2. The number of nitrogens with one attached hydrogen (secondary N) is 1. The molecule has 0 fully saturated rings. The topological polar surface area (TPSA) is 102 Å².